The third kappa shape index (κ3) is 15.6. The number of aromatic nitrogens is 1. The van der Waals surface area contributed by atoms with Gasteiger partial charge < -0.3 is 18.9 Å². The molecule has 2 amide bonds. The first-order valence-corrected chi connectivity index (χ1v) is 15.8. The second-order valence-electron chi connectivity index (χ2n) is 10.9. The standard InChI is InChI=1S/C32H54N2O6/c1-3-5-6-7-8-9-10-11-12-13-14-15-16-19-22-37-25-28-23-30(39-26-28)27-40-32(36)34(31(35)38-4-2)24-29-20-17-18-21-33-29/h17-18,20-21,28,30H,3-16,19,22-27H2,1-2H3/t28-,30-/m1/s1. The van der Waals surface area contributed by atoms with E-state index >= 15 is 0 Å². The lowest BCUT2D eigenvalue weighted by atomic mass is 10.0. The zero-order valence-electron chi connectivity index (χ0n) is 25.2. The first-order valence-electron chi connectivity index (χ1n) is 15.8. The first kappa shape index (κ1) is 34.0. The Morgan fingerprint density at radius 1 is 0.850 bits per heavy atom. The van der Waals surface area contributed by atoms with E-state index in [1.54, 1.807) is 31.3 Å². The molecule has 2 rings (SSSR count). The molecule has 8 heteroatoms. The number of unbranched alkanes of at least 4 members (excludes halogenated alkanes) is 13. The van der Waals surface area contributed by atoms with Gasteiger partial charge in [-0.15, -0.1) is 0 Å². The fourth-order valence-corrected chi connectivity index (χ4v) is 4.96. The van der Waals surface area contributed by atoms with Crippen molar-refractivity contribution < 1.29 is 28.5 Å². The number of imide groups is 1. The highest BCUT2D eigenvalue weighted by Gasteiger charge is 2.30. The number of rotatable bonds is 22. The van der Waals surface area contributed by atoms with Crippen molar-refractivity contribution in [3.63, 3.8) is 0 Å². The Balaban J connectivity index is 1.46. The summed E-state index contributed by atoms with van der Waals surface area (Å²) < 4.78 is 22.1. The summed E-state index contributed by atoms with van der Waals surface area (Å²) >= 11 is 0. The predicted octanol–water partition coefficient (Wildman–Crippen LogP) is 8.08. The molecule has 0 N–H and O–H groups in total. The van der Waals surface area contributed by atoms with E-state index in [0.29, 0.717) is 24.8 Å². The maximum atomic E-state index is 12.6. The molecule has 1 aromatic rings. The lowest BCUT2D eigenvalue weighted by Gasteiger charge is -2.20. The summed E-state index contributed by atoms with van der Waals surface area (Å²) in [4.78, 5) is 30.0. The average molecular weight is 563 g/mol. The lowest BCUT2D eigenvalue weighted by molar-refractivity contribution is 0.0245. The van der Waals surface area contributed by atoms with Crippen molar-refractivity contribution in [3.8, 4) is 0 Å². The number of carbonyl (C=O) groups excluding carboxylic acids is 2. The molecule has 0 saturated carbocycles. The predicted molar refractivity (Wildman–Crippen MR) is 157 cm³/mol. The average Bonchev–Trinajstić information content (AvgIpc) is 3.42. The molecule has 0 aromatic carbocycles. The van der Waals surface area contributed by atoms with Crippen LogP contribution in [0.3, 0.4) is 0 Å². The molecular weight excluding hydrogens is 508 g/mol. The SMILES string of the molecule is CCCCCCCCCCCCCCCCOC[C@@H]1CO[C@@H](COC(=O)N(Cc2ccccn2)C(=O)OCC)C1. The molecule has 40 heavy (non-hydrogen) atoms. The zero-order chi connectivity index (χ0) is 28.7. The molecule has 0 spiro atoms. The minimum atomic E-state index is -0.759. The topological polar surface area (TPSA) is 87.2 Å². The molecule has 0 radical (unpaired) electrons. The Morgan fingerprint density at radius 2 is 1.48 bits per heavy atom. The van der Waals surface area contributed by atoms with Crippen molar-refractivity contribution in [1.29, 1.82) is 0 Å². The van der Waals surface area contributed by atoms with Gasteiger partial charge in [-0.3, -0.25) is 4.98 Å². The van der Waals surface area contributed by atoms with Crippen LogP contribution in [0, 0.1) is 5.92 Å². The fourth-order valence-electron chi connectivity index (χ4n) is 4.96. The highest BCUT2D eigenvalue weighted by molar-refractivity contribution is 5.87. The van der Waals surface area contributed by atoms with Crippen LogP contribution in [-0.2, 0) is 25.5 Å². The van der Waals surface area contributed by atoms with Gasteiger partial charge in [0.25, 0.3) is 0 Å². The molecule has 0 bridgehead atoms. The highest BCUT2D eigenvalue weighted by atomic mass is 16.6. The zero-order valence-corrected chi connectivity index (χ0v) is 25.2. The summed E-state index contributed by atoms with van der Waals surface area (Å²) in [6.07, 6.45) is 19.6. The van der Waals surface area contributed by atoms with Crippen LogP contribution >= 0.6 is 0 Å². The minimum absolute atomic E-state index is 0.0141. The van der Waals surface area contributed by atoms with Gasteiger partial charge in [-0.1, -0.05) is 96.5 Å². The van der Waals surface area contributed by atoms with E-state index in [1.165, 1.54) is 83.5 Å². The van der Waals surface area contributed by atoms with E-state index < -0.39 is 12.2 Å². The summed E-state index contributed by atoms with van der Waals surface area (Å²) in [5, 5.41) is 0. The second-order valence-corrected chi connectivity index (χ2v) is 10.9. The van der Waals surface area contributed by atoms with Crippen LogP contribution in [-0.4, -0.2) is 61.2 Å². The molecule has 1 saturated heterocycles. The van der Waals surface area contributed by atoms with Crippen molar-refractivity contribution in [1.82, 2.24) is 9.88 Å². The Labute approximate surface area is 242 Å². The maximum Gasteiger partial charge on any atom is 0.419 e. The lowest BCUT2D eigenvalue weighted by Crippen LogP contribution is -2.38. The number of hydrogen-bond donors (Lipinski definition) is 0. The summed E-state index contributed by atoms with van der Waals surface area (Å²) in [5.41, 5.74) is 0.570. The van der Waals surface area contributed by atoms with Crippen molar-refractivity contribution in [2.45, 2.75) is 123 Å². The molecule has 1 aromatic heterocycles. The van der Waals surface area contributed by atoms with E-state index in [2.05, 4.69) is 11.9 Å². The fraction of sp³-hybridized carbons (Fsp3) is 0.781. The summed E-state index contributed by atoms with van der Waals surface area (Å²) in [6, 6.07) is 5.31. The van der Waals surface area contributed by atoms with Crippen molar-refractivity contribution >= 4 is 12.2 Å². The number of carbonyl (C=O) groups is 2. The van der Waals surface area contributed by atoms with Crippen LogP contribution in [0.15, 0.2) is 24.4 Å². The van der Waals surface area contributed by atoms with Crippen LogP contribution < -0.4 is 0 Å². The van der Waals surface area contributed by atoms with Crippen LogP contribution in [0.1, 0.15) is 116 Å². The van der Waals surface area contributed by atoms with Crippen LogP contribution in [0.25, 0.3) is 0 Å². The molecule has 1 fully saturated rings. The number of amides is 2. The molecule has 228 valence electrons. The number of ether oxygens (including phenoxy) is 4. The smallest absolute Gasteiger partial charge is 0.419 e. The minimum Gasteiger partial charge on any atom is -0.449 e. The first-order chi connectivity index (χ1) is 19.6. The summed E-state index contributed by atoms with van der Waals surface area (Å²) in [7, 11) is 0. The van der Waals surface area contributed by atoms with Crippen molar-refractivity contribution in [2.24, 2.45) is 5.92 Å². The molecule has 8 nitrogen and oxygen atoms in total. The van der Waals surface area contributed by atoms with Gasteiger partial charge in [0, 0.05) is 18.7 Å². The van der Waals surface area contributed by atoms with Gasteiger partial charge in [-0.2, -0.15) is 0 Å². The van der Waals surface area contributed by atoms with Gasteiger partial charge in [-0.05, 0) is 31.9 Å². The largest absolute Gasteiger partial charge is 0.449 e. The van der Waals surface area contributed by atoms with Crippen molar-refractivity contribution in [2.75, 3.05) is 33.0 Å². The van der Waals surface area contributed by atoms with Gasteiger partial charge in [0.2, 0.25) is 0 Å². The summed E-state index contributed by atoms with van der Waals surface area (Å²) in [6.45, 7) is 6.25. The van der Waals surface area contributed by atoms with E-state index in [0.717, 1.165) is 24.3 Å². The van der Waals surface area contributed by atoms with Crippen LogP contribution in [0.5, 0.6) is 0 Å². The maximum absolute atomic E-state index is 12.6. The Bertz CT molecular complexity index is 778. The molecule has 0 unspecified atom stereocenters. The molecular formula is C32H54N2O6. The van der Waals surface area contributed by atoms with Gasteiger partial charge in [0.05, 0.1) is 38.2 Å². The molecule has 2 atom stereocenters. The quantitative estimate of drug-likeness (QED) is 0.132. The van der Waals surface area contributed by atoms with Crippen LogP contribution in [0.4, 0.5) is 9.59 Å². The second kappa shape index (κ2) is 22.5. The Kier molecular flexibility index (Phi) is 19.1. The molecule has 1 aliphatic heterocycles. The van der Waals surface area contributed by atoms with E-state index in [1.807, 2.05) is 0 Å². The summed E-state index contributed by atoms with van der Waals surface area (Å²) in [5.74, 6) is 0.296. The van der Waals surface area contributed by atoms with E-state index in [4.69, 9.17) is 18.9 Å². The molecule has 2 heterocycles. The number of nitrogens with zero attached hydrogens (tertiary/aromatic N) is 2. The monoisotopic (exact) mass is 562 g/mol. The van der Waals surface area contributed by atoms with E-state index in [9.17, 15) is 9.59 Å². The normalized spacial score (nSPS) is 16.6. The number of hydrogen-bond acceptors (Lipinski definition) is 7. The van der Waals surface area contributed by atoms with Gasteiger partial charge >= 0.3 is 12.2 Å². The van der Waals surface area contributed by atoms with Gasteiger partial charge in [-0.25, -0.2) is 14.5 Å². The Morgan fingerprint density at radius 3 is 2.08 bits per heavy atom. The molecule has 1 aliphatic rings. The van der Waals surface area contributed by atoms with Crippen molar-refractivity contribution in [3.05, 3.63) is 30.1 Å². The van der Waals surface area contributed by atoms with Gasteiger partial charge in [0.1, 0.15) is 6.61 Å². The third-order valence-electron chi connectivity index (χ3n) is 7.31. The Hall–Kier alpha value is -2.19. The third-order valence-corrected chi connectivity index (χ3v) is 7.31. The van der Waals surface area contributed by atoms with Crippen LogP contribution in [0.2, 0.25) is 0 Å². The van der Waals surface area contributed by atoms with Gasteiger partial charge in [0.15, 0.2) is 0 Å². The number of pyridine rings is 1. The van der Waals surface area contributed by atoms with E-state index in [-0.39, 0.29) is 25.9 Å². The highest BCUT2D eigenvalue weighted by Crippen LogP contribution is 2.21. The molecule has 0 aliphatic carbocycles.